The van der Waals surface area contributed by atoms with Crippen LogP contribution in [-0.2, 0) is 20.8 Å². The molecular formula is C36H64N12O8. The van der Waals surface area contributed by atoms with Crippen molar-refractivity contribution in [3.05, 3.63) is 20.8 Å². The number of hydrogen-bond acceptors (Lipinski definition) is 12. The zero-order chi connectivity index (χ0) is 42.9. The van der Waals surface area contributed by atoms with E-state index in [-0.39, 0.29) is 76.2 Å². The molecule has 1 saturated heterocycles. The van der Waals surface area contributed by atoms with Crippen molar-refractivity contribution in [3.8, 4) is 0 Å². The van der Waals surface area contributed by atoms with Crippen molar-refractivity contribution in [1.82, 2.24) is 39.9 Å². The molecule has 0 aliphatic carbocycles. The van der Waals surface area contributed by atoms with Crippen LogP contribution in [0.2, 0.25) is 0 Å². The number of hydroxylamine groups is 12. The lowest BCUT2D eigenvalue weighted by Gasteiger charge is -2.34. The molecule has 0 unspecified atom stereocenters. The third-order valence-electron chi connectivity index (χ3n) is 15.2. The fraction of sp³-hybridized carbons (Fsp3) is 0.889. The molecule has 0 bridgehead atoms. The molecule has 0 aromatic heterocycles. The molecule has 56 heavy (non-hydrogen) atoms. The van der Waals surface area contributed by atoms with Gasteiger partial charge in [0.1, 0.15) is 22.2 Å². The summed E-state index contributed by atoms with van der Waals surface area (Å²) in [6.45, 7) is 26.5. The van der Waals surface area contributed by atoms with E-state index in [0.717, 1.165) is 0 Å². The van der Waals surface area contributed by atoms with Crippen molar-refractivity contribution >= 4 is 23.8 Å². The summed E-state index contributed by atoms with van der Waals surface area (Å²) in [7, 11) is 0. The predicted molar refractivity (Wildman–Crippen MR) is 204 cm³/mol. The van der Waals surface area contributed by atoms with Crippen molar-refractivity contribution < 1.29 is 39.8 Å². The highest BCUT2D eigenvalue weighted by Gasteiger charge is 2.64. The van der Waals surface area contributed by atoms with Crippen LogP contribution in [0.3, 0.4) is 0 Å². The lowest BCUT2D eigenvalue weighted by Crippen LogP contribution is -2.59. The van der Waals surface area contributed by atoms with Gasteiger partial charge in [-0.2, -0.15) is 0 Å². The summed E-state index contributed by atoms with van der Waals surface area (Å²) in [4.78, 5) is 6.32. The van der Waals surface area contributed by atoms with E-state index in [2.05, 4.69) is 0 Å². The second-order valence-corrected chi connectivity index (χ2v) is 20.0. The Morgan fingerprint density at radius 2 is 0.446 bits per heavy atom. The Kier molecular flexibility index (Phi) is 9.89. The van der Waals surface area contributed by atoms with Crippen molar-refractivity contribution in [2.24, 2.45) is 0 Å². The average molecular weight is 793 g/mol. The van der Waals surface area contributed by atoms with Crippen LogP contribution in [0.1, 0.15) is 111 Å². The van der Waals surface area contributed by atoms with E-state index in [0.29, 0.717) is 39.2 Å². The van der Waals surface area contributed by atoms with Gasteiger partial charge in [-0.25, -0.2) is 0 Å². The summed E-state index contributed by atoms with van der Waals surface area (Å²) in [5, 5.41) is 115. The average Bonchev–Trinajstić information content (AvgIpc) is 3.41. The molecule has 20 heteroatoms. The van der Waals surface area contributed by atoms with Gasteiger partial charge in [0.2, 0.25) is 0 Å². The maximum absolute atomic E-state index is 14.1. The Morgan fingerprint density at radius 1 is 0.321 bits per heavy atom. The largest absolute Gasteiger partial charge is 0.744 e. The second-order valence-electron chi connectivity index (χ2n) is 20.0. The third-order valence-corrected chi connectivity index (χ3v) is 15.2. The molecule has 0 N–H and O–H groups in total. The van der Waals surface area contributed by atoms with Gasteiger partial charge in [0.15, 0.2) is 22.2 Å². The Bertz CT molecular complexity index is 1470. The van der Waals surface area contributed by atoms with E-state index in [9.17, 15) is 41.7 Å². The van der Waals surface area contributed by atoms with E-state index in [4.69, 9.17) is 0 Å². The minimum atomic E-state index is -1.17. The van der Waals surface area contributed by atoms with Crippen LogP contribution in [0.4, 0.5) is 0 Å². The van der Waals surface area contributed by atoms with Gasteiger partial charge in [-0.1, -0.05) is 20.3 Å². The van der Waals surface area contributed by atoms with Gasteiger partial charge in [-0.15, -0.1) is 0 Å². The van der Waals surface area contributed by atoms with Gasteiger partial charge < -0.3 is 20.8 Å². The lowest BCUT2D eigenvalue weighted by atomic mass is 9.84. The Labute approximate surface area is 331 Å². The van der Waals surface area contributed by atoms with Crippen LogP contribution < -0.4 is 0 Å². The van der Waals surface area contributed by atoms with Gasteiger partial charge >= 0.3 is 23.8 Å². The minimum absolute atomic E-state index is 0.0364. The van der Waals surface area contributed by atoms with E-state index in [1.165, 1.54) is 0 Å². The number of nitrogens with zero attached hydrogens (tertiary/aromatic N) is 12. The van der Waals surface area contributed by atoms with Crippen LogP contribution in [0.25, 0.3) is 0 Å². The first kappa shape index (κ1) is 43.2. The quantitative estimate of drug-likeness (QED) is 0.253. The molecular weight excluding hydrogens is 728 g/mol. The third kappa shape index (κ3) is 5.51. The SMILES string of the molecule is CC1(C)N([O])C(N2CCN(C3=[N+]([O-])C(C)(C)C(C)(C)N3[O])CCN(C3=[N+]([O-])C(C)(C)C(C)(C)N3[O])CCN(C3=[N+]([O-])C(C)(C)C(C)(C)N3[O])CC2)=[N+]([O-])C1(C)C. The Hall–Kier alpha value is -3.88. The highest BCUT2D eigenvalue weighted by atomic mass is 16.6. The maximum atomic E-state index is 14.1. The first-order chi connectivity index (χ1) is 25.2. The summed E-state index contributed by atoms with van der Waals surface area (Å²) < 4.78 is 2.71. The van der Waals surface area contributed by atoms with Crippen LogP contribution in [-0.4, -0.2) is 179 Å². The molecule has 0 aromatic carbocycles. The van der Waals surface area contributed by atoms with Crippen molar-refractivity contribution in [1.29, 1.82) is 0 Å². The molecule has 0 saturated carbocycles. The molecule has 5 rings (SSSR count). The van der Waals surface area contributed by atoms with Gasteiger partial charge in [-0.05, 0) is 132 Å². The molecule has 1 fully saturated rings. The molecule has 0 spiro atoms. The molecule has 4 radical (unpaired) electrons. The molecule has 316 valence electrons. The van der Waals surface area contributed by atoms with Gasteiger partial charge in [0.05, 0.1) is 52.4 Å². The number of guanidine groups is 4. The normalized spacial score (nSPS) is 28.6. The summed E-state index contributed by atoms with van der Waals surface area (Å²) in [5.74, 6) is -0.727. The molecule has 0 atom stereocenters. The molecule has 5 aliphatic heterocycles. The number of rotatable bonds is 0. The van der Waals surface area contributed by atoms with Crippen molar-refractivity contribution in [2.45, 2.75) is 155 Å². The van der Waals surface area contributed by atoms with Gasteiger partial charge in [0.25, 0.3) is 0 Å². The fourth-order valence-electron chi connectivity index (χ4n) is 7.56. The van der Waals surface area contributed by atoms with E-state index < -0.39 is 44.3 Å². The molecule has 5 heterocycles. The highest BCUT2D eigenvalue weighted by molar-refractivity contribution is 5.80. The van der Waals surface area contributed by atoms with E-state index in [1.54, 1.807) is 130 Å². The fourth-order valence-corrected chi connectivity index (χ4v) is 7.56. The predicted octanol–water partition coefficient (Wildman–Crippen LogP) is 1.55. The standard InChI is InChI=1S/C36H64N12O8/c1-29(2)30(3,4)42(50)25(41(29)49)37-17-19-38(26-43(51)31(5,6)32(7,8)44(26)52)21-23-40(28-47(55)35(13,14)36(15,16)48(28)56)24-22-39(20-18-37)27-45(53)33(9,10)34(11,12)46(27)54/h17-24H2,1-16H3. The monoisotopic (exact) mass is 792 g/mol. The molecule has 0 aromatic rings. The highest BCUT2D eigenvalue weighted by Crippen LogP contribution is 2.40. The first-order valence-electron chi connectivity index (χ1n) is 19.5. The van der Waals surface area contributed by atoms with Gasteiger partial charge in [0, 0.05) is 0 Å². The summed E-state index contributed by atoms with van der Waals surface area (Å²) in [5.41, 5.74) is -9.33. The van der Waals surface area contributed by atoms with Crippen molar-refractivity contribution in [2.75, 3.05) is 52.4 Å². The summed E-state index contributed by atoms with van der Waals surface area (Å²) >= 11 is 0. The van der Waals surface area contributed by atoms with Crippen LogP contribution in [0.15, 0.2) is 0 Å². The topological polar surface area (TPSA) is 210 Å². The van der Waals surface area contributed by atoms with E-state index in [1.807, 2.05) is 0 Å². The molecule has 20 nitrogen and oxygen atoms in total. The zero-order valence-corrected chi connectivity index (χ0v) is 36.3. The molecule has 5 aliphatic rings. The number of hydrogen-bond donors (Lipinski definition) is 0. The van der Waals surface area contributed by atoms with Crippen LogP contribution in [0, 0.1) is 20.8 Å². The first-order valence-corrected chi connectivity index (χ1v) is 19.5. The minimum Gasteiger partial charge on any atom is -0.744 e. The second kappa shape index (κ2) is 12.8. The Morgan fingerprint density at radius 3 is 0.536 bits per heavy atom. The van der Waals surface area contributed by atoms with Crippen LogP contribution in [0.5, 0.6) is 0 Å². The zero-order valence-electron chi connectivity index (χ0n) is 36.3. The summed E-state index contributed by atoms with van der Waals surface area (Å²) in [6, 6.07) is 0. The smallest absolute Gasteiger partial charge is 0.383 e. The maximum Gasteiger partial charge on any atom is 0.383 e. The Balaban J connectivity index is 1.68. The lowest BCUT2D eigenvalue weighted by molar-refractivity contribution is -0.544. The van der Waals surface area contributed by atoms with E-state index >= 15 is 0 Å². The molecule has 0 amide bonds. The summed E-state index contributed by atoms with van der Waals surface area (Å²) in [6.07, 6.45) is 0. The van der Waals surface area contributed by atoms with Gasteiger partial charge in [-0.3, -0.25) is 38.6 Å². The van der Waals surface area contributed by atoms with Crippen LogP contribution >= 0.6 is 0 Å². The van der Waals surface area contributed by atoms with Crippen molar-refractivity contribution in [3.63, 3.8) is 0 Å².